The third kappa shape index (κ3) is 2.50. The molecule has 2 heterocycles. The van der Waals surface area contributed by atoms with E-state index in [2.05, 4.69) is 34.1 Å². The molecular weight excluding hydrogens is 262 g/mol. The first kappa shape index (κ1) is 13.7. The van der Waals surface area contributed by atoms with Crippen LogP contribution in [0.1, 0.15) is 45.4 Å². The Balaban J connectivity index is 1.54. The van der Waals surface area contributed by atoms with Crippen LogP contribution in [0.2, 0.25) is 0 Å². The summed E-state index contributed by atoms with van der Waals surface area (Å²) in [5.74, 6) is 2.91. The molecule has 1 saturated heterocycles. The van der Waals surface area contributed by atoms with Crippen LogP contribution in [0.15, 0.2) is 6.33 Å². The maximum absolute atomic E-state index is 4.50. The predicted molar refractivity (Wildman–Crippen MR) is 81.7 cm³/mol. The number of aromatic nitrogens is 3. The zero-order chi connectivity index (χ0) is 14.4. The fourth-order valence-electron chi connectivity index (χ4n) is 3.97. The van der Waals surface area contributed by atoms with Crippen molar-refractivity contribution in [3.05, 3.63) is 12.2 Å². The molecule has 21 heavy (non-hydrogen) atoms. The fraction of sp³-hybridized carbons (Fsp3) is 0.875. The van der Waals surface area contributed by atoms with E-state index in [4.69, 9.17) is 0 Å². The van der Waals surface area contributed by atoms with Gasteiger partial charge in [-0.25, -0.2) is 9.67 Å². The smallest absolute Gasteiger partial charge is 0.141 e. The number of hydrogen-bond donors (Lipinski definition) is 1. The molecule has 3 fully saturated rings. The largest absolute Gasteiger partial charge is 0.311 e. The Labute approximate surface area is 127 Å². The van der Waals surface area contributed by atoms with Crippen LogP contribution in [0.5, 0.6) is 0 Å². The number of nitrogens with zero attached hydrogens (tertiary/aromatic N) is 4. The molecule has 4 rings (SSSR count). The van der Waals surface area contributed by atoms with Gasteiger partial charge in [0.2, 0.25) is 0 Å². The summed E-state index contributed by atoms with van der Waals surface area (Å²) in [6.45, 7) is 8.77. The molecule has 5 nitrogen and oxygen atoms in total. The summed E-state index contributed by atoms with van der Waals surface area (Å²) in [6, 6.07) is 0.690. The normalized spacial score (nSPS) is 34.3. The lowest BCUT2D eigenvalue weighted by Crippen LogP contribution is -2.64. The van der Waals surface area contributed by atoms with E-state index in [-0.39, 0.29) is 0 Å². The van der Waals surface area contributed by atoms with Crippen molar-refractivity contribution in [3.8, 4) is 0 Å². The molecule has 3 aliphatic rings. The lowest BCUT2D eigenvalue weighted by Gasteiger charge is -2.48. The van der Waals surface area contributed by atoms with E-state index in [1.54, 1.807) is 6.33 Å². The minimum Gasteiger partial charge on any atom is -0.311 e. The third-order valence-corrected chi connectivity index (χ3v) is 5.84. The van der Waals surface area contributed by atoms with Crippen LogP contribution in [0.4, 0.5) is 0 Å². The minimum atomic E-state index is 0.301. The van der Waals surface area contributed by atoms with Gasteiger partial charge in [-0.2, -0.15) is 5.10 Å². The predicted octanol–water partition coefficient (Wildman–Crippen LogP) is 1.65. The van der Waals surface area contributed by atoms with Crippen molar-refractivity contribution in [2.24, 2.45) is 11.8 Å². The Morgan fingerprint density at radius 1 is 1.33 bits per heavy atom. The van der Waals surface area contributed by atoms with E-state index in [1.807, 2.05) is 4.68 Å². The average Bonchev–Trinajstić information content (AvgIpc) is 3.37. The maximum Gasteiger partial charge on any atom is 0.141 e. The van der Waals surface area contributed by atoms with Crippen molar-refractivity contribution in [3.63, 3.8) is 0 Å². The highest BCUT2D eigenvalue weighted by Gasteiger charge is 2.50. The van der Waals surface area contributed by atoms with E-state index in [9.17, 15) is 0 Å². The summed E-state index contributed by atoms with van der Waals surface area (Å²) >= 11 is 0. The van der Waals surface area contributed by atoms with Gasteiger partial charge >= 0.3 is 0 Å². The molecule has 116 valence electrons. The number of piperazine rings is 1. The van der Waals surface area contributed by atoms with Crippen molar-refractivity contribution in [2.75, 3.05) is 13.1 Å². The van der Waals surface area contributed by atoms with Crippen LogP contribution in [-0.4, -0.2) is 44.3 Å². The highest BCUT2D eigenvalue weighted by molar-refractivity contribution is 5.07. The van der Waals surface area contributed by atoms with E-state index < -0.39 is 0 Å². The topological polar surface area (TPSA) is 46.0 Å². The Bertz CT molecular complexity index is 505. The Morgan fingerprint density at radius 3 is 2.81 bits per heavy atom. The SMILES string of the molecule is CCn1ncnc1CN1CC(C2CC2)NCC1(C)C1CC1. The molecule has 0 radical (unpaired) electrons. The second-order valence-electron chi connectivity index (χ2n) is 7.33. The van der Waals surface area contributed by atoms with Crippen molar-refractivity contribution >= 4 is 0 Å². The molecule has 2 aliphatic carbocycles. The lowest BCUT2D eigenvalue weighted by atomic mass is 9.88. The van der Waals surface area contributed by atoms with E-state index >= 15 is 0 Å². The first-order valence-corrected chi connectivity index (χ1v) is 8.56. The quantitative estimate of drug-likeness (QED) is 0.895. The molecule has 0 spiro atoms. The highest BCUT2D eigenvalue weighted by atomic mass is 15.4. The van der Waals surface area contributed by atoms with E-state index in [0.29, 0.717) is 11.6 Å². The van der Waals surface area contributed by atoms with Crippen molar-refractivity contribution < 1.29 is 0 Å². The van der Waals surface area contributed by atoms with Gasteiger partial charge in [0, 0.05) is 31.2 Å². The second-order valence-corrected chi connectivity index (χ2v) is 7.33. The van der Waals surface area contributed by atoms with Crippen LogP contribution in [0, 0.1) is 11.8 Å². The molecule has 0 bridgehead atoms. The molecule has 1 aliphatic heterocycles. The number of nitrogens with one attached hydrogen (secondary N) is 1. The summed E-state index contributed by atoms with van der Waals surface area (Å²) in [5, 5.41) is 8.18. The molecule has 2 unspecified atom stereocenters. The van der Waals surface area contributed by atoms with Crippen LogP contribution in [-0.2, 0) is 13.1 Å². The van der Waals surface area contributed by atoms with Gasteiger partial charge in [-0.15, -0.1) is 0 Å². The van der Waals surface area contributed by atoms with Crippen molar-refractivity contribution in [2.45, 2.75) is 64.2 Å². The summed E-state index contributed by atoms with van der Waals surface area (Å²) in [5.41, 5.74) is 0.301. The van der Waals surface area contributed by atoms with Crippen LogP contribution in [0.3, 0.4) is 0 Å². The van der Waals surface area contributed by atoms with Gasteiger partial charge in [0.25, 0.3) is 0 Å². The molecule has 1 aromatic heterocycles. The summed E-state index contributed by atoms with van der Waals surface area (Å²) in [4.78, 5) is 7.21. The van der Waals surface area contributed by atoms with Gasteiger partial charge in [0.1, 0.15) is 12.2 Å². The molecule has 2 atom stereocenters. The molecule has 5 heteroatoms. The second kappa shape index (κ2) is 5.06. The molecule has 1 N–H and O–H groups in total. The van der Waals surface area contributed by atoms with Crippen LogP contribution < -0.4 is 5.32 Å². The van der Waals surface area contributed by atoms with Crippen LogP contribution in [0.25, 0.3) is 0 Å². The Hall–Kier alpha value is -0.940. The van der Waals surface area contributed by atoms with Gasteiger partial charge in [0.15, 0.2) is 0 Å². The average molecular weight is 289 g/mol. The summed E-state index contributed by atoms with van der Waals surface area (Å²) in [6.07, 6.45) is 7.31. The first-order valence-electron chi connectivity index (χ1n) is 8.56. The van der Waals surface area contributed by atoms with Crippen molar-refractivity contribution in [1.29, 1.82) is 0 Å². The van der Waals surface area contributed by atoms with Crippen LogP contribution >= 0.6 is 0 Å². The van der Waals surface area contributed by atoms with E-state index in [0.717, 1.165) is 37.3 Å². The Kier molecular flexibility index (Phi) is 3.30. The van der Waals surface area contributed by atoms with Gasteiger partial charge in [0.05, 0.1) is 6.54 Å². The van der Waals surface area contributed by atoms with Gasteiger partial charge in [-0.05, 0) is 51.4 Å². The van der Waals surface area contributed by atoms with Gasteiger partial charge < -0.3 is 5.32 Å². The number of rotatable bonds is 5. The summed E-state index contributed by atoms with van der Waals surface area (Å²) in [7, 11) is 0. The molecule has 2 saturated carbocycles. The first-order chi connectivity index (χ1) is 10.2. The fourth-order valence-corrected chi connectivity index (χ4v) is 3.97. The number of aryl methyl sites for hydroxylation is 1. The molecule has 0 aromatic carbocycles. The van der Waals surface area contributed by atoms with Gasteiger partial charge in [-0.1, -0.05) is 0 Å². The monoisotopic (exact) mass is 289 g/mol. The third-order valence-electron chi connectivity index (χ3n) is 5.84. The van der Waals surface area contributed by atoms with Gasteiger partial charge in [-0.3, -0.25) is 4.90 Å². The zero-order valence-electron chi connectivity index (χ0n) is 13.3. The minimum absolute atomic E-state index is 0.301. The maximum atomic E-state index is 4.50. The number of hydrogen-bond acceptors (Lipinski definition) is 4. The van der Waals surface area contributed by atoms with E-state index in [1.165, 1.54) is 32.2 Å². The molecule has 0 amide bonds. The lowest BCUT2D eigenvalue weighted by molar-refractivity contribution is 0.0204. The summed E-state index contributed by atoms with van der Waals surface area (Å²) < 4.78 is 2.04. The Morgan fingerprint density at radius 2 is 2.14 bits per heavy atom. The highest BCUT2D eigenvalue weighted by Crippen LogP contribution is 2.46. The molecular formula is C16H27N5. The zero-order valence-corrected chi connectivity index (χ0v) is 13.3. The molecule has 1 aromatic rings. The van der Waals surface area contributed by atoms with Crippen molar-refractivity contribution in [1.82, 2.24) is 25.0 Å². The standard InChI is InChI=1S/C16H27N5/c1-3-21-15(18-11-19-21)9-20-8-14(12-4-5-12)17-10-16(20,2)13-6-7-13/h11-14,17H,3-10H2,1-2H3.